The minimum Gasteiger partial charge on any atom is -0.309 e. The topological polar surface area (TPSA) is 15.6 Å². The summed E-state index contributed by atoms with van der Waals surface area (Å²) in [5.74, 6) is 2.74. The highest BCUT2D eigenvalue weighted by molar-refractivity contribution is 5.60. The van der Waals surface area contributed by atoms with Crippen molar-refractivity contribution >= 4 is 6.21 Å². The lowest BCUT2D eigenvalue weighted by Gasteiger charge is -2.25. The van der Waals surface area contributed by atoms with Crippen molar-refractivity contribution in [3.63, 3.8) is 0 Å². The molecule has 0 heterocycles. The number of terminal acetylenes is 1. The number of nitrogens with zero attached hydrogens (tertiary/aromatic N) is 2. The molecule has 0 amide bonds. The van der Waals surface area contributed by atoms with Gasteiger partial charge < -0.3 is 4.90 Å². The highest BCUT2D eigenvalue weighted by atomic mass is 15.1. The second kappa shape index (κ2) is 9.55. The first-order valence-electron chi connectivity index (χ1n) is 7.39. The summed E-state index contributed by atoms with van der Waals surface area (Å²) in [6.45, 7) is 9.66. The first kappa shape index (κ1) is 18.7. The highest BCUT2D eigenvalue weighted by Crippen LogP contribution is 2.25. The second-order valence-corrected chi connectivity index (χ2v) is 5.99. The average Bonchev–Trinajstić information content (AvgIpc) is 2.32. The van der Waals surface area contributed by atoms with Gasteiger partial charge in [-0.2, -0.15) is 0 Å². The molecule has 0 rings (SSSR count). The van der Waals surface area contributed by atoms with E-state index < -0.39 is 0 Å². The summed E-state index contributed by atoms with van der Waals surface area (Å²) in [6, 6.07) is 0. The number of aliphatic imine (C=N–C) groups is 1. The van der Waals surface area contributed by atoms with E-state index in [1.54, 1.807) is 0 Å². The van der Waals surface area contributed by atoms with Crippen LogP contribution in [0.1, 0.15) is 47.0 Å². The molecule has 0 N–H and O–H groups in total. The van der Waals surface area contributed by atoms with Gasteiger partial charge in [-0.05, 0) is 37.9 Å². The molecule has 0 bridgehead atoms. The summed E-state index contributed by atoms with van der Waals surface area (Å²) in [7, 11) is 4.18. The van der Waals surface area contributed by atoms with Gasteiger partial charge in [0.15, 0.2) is 0 Å². The predicted molar refractivity (Wildman–Crippen MR) is 91.0 cm³/mol. The maximum atomic E-state index is 5.49. The van der Waals surface area contributed by atoms with Crippen molar-refractivity contribution in [3.05, 3.63) is 23.4 Å². The fourth-order valence-electron chi connectivity index (χ4n) is 2.26. The Morgan fingerprint density at radius 1 is 1.25 bits per heavy atom. The number of allylic oxidation sites excluding steroid dienone is 2. The van der Waals surface area contributed by atoms with E-state index in [0.29, 0.717) is 6.42 Å². The molecule has 0 aliphatic rings. The quantitative estimate of drug-likeness (QED) is 0.366. The molecule has 0 aliphatic heterocycles. The van der Waals surface area contributed by atoms with Crippen molar-refractivity contribution in [2.75, 3.05) is 20.6 Å². The van der Waals surface area contributed by atoms with Gasteiger partial charge in [0.2, 0.25) is 0 Å². The van der Waals surface area contributed by atoms with Crippen LogP contribution in [0, 0.1) is 17.8 Å². The monoisotopic (exact) mass is 274 g/mol. The standard InChI is InChI=1S/C18H30N2/c1-8-11-16(12-9-2)17(19-13-10-3)14-18(4,5)15-20(6)7/h1,12-14H,9-11,15H2,2-7H3/b16-12-,17-14+,19-13?. The van der Waals surface area contributed by atoms with Crippen LogP contribution in [0.15, 0.2) is 28.4 Å². The Labute approximate surface area is 125 Å². The maximum Gasteiger partial charge on any atom is 0.0630 e. The van der Waals surface area contributed by atoms with Gasteiger partial charge in [0.1, 0.15) is 0 Å². The Bertz CT molecular complexity index is 404. The number of hydrogen-bond acceptors (Lipinski definition) is 2. The summed E-state index contributed by atoms with van der Waals surface area (Å²) in [4.78, 5) is 6.82. The molecule has 0 saturated carbocycles. The zero-order valence-electron chi connectivity index (χ0n) is 14.0. The van der Waals surface area contributed by atoms with Crippen LogP contribution in [0.4, 0.5) is 0 Å². The van der Waals surface area contributed by atoms with Crippen molar-refractivity contribution < 1.29 is 0 Å². The molecule has 0 aliphatic carbocycles. The smallest absolute Gasteiger partial charge is 0.0630 e. The van der Waals surface area contributed by atoms with E-state index >= 15 is 0 Å². The fraction of sp³-hybridized carbons (Fsp3) is 0.611. The van der Waals surface area contributed by atoms with Crippen LogP contribution in [-0.4, -0.2) is 31.8 Å². The predicted octanol–water partition coefficient (Wildman–Crippen LogP) is 4.30. The first-order chi connectivity index (χ1) is 9.36. The van der Waals surface area contributed by atoms with Crippen LogP contribution in [-0.2, 0) is 0 Å². The van der Waals surface area contributed by atoms with Crippen molar-refractivity contribution in [1.29, 1.82) is 0 Å². The zero-order chi connectivity index (χ0) is 15.6. The van der Waals surface area contributed by atoms with Gasteiger partial charge in [-0.15, -0.1) is 12.3 Å². The van der Waals surface area contributed by atoms with Crippen molar-refractivity contribution in [2.24, 2.45) is 10.4 Å². The minimum absolute atomic E-state index is 0.0609. The third kappa shape index (κ3) is 7.96. The van der Waals surface area contributed by atoms with E-state index in [1.807, 2.05) is 6.21 Å². The van der Waals surface area contributed by atoms with E-state index in [-0.39, 0.29) is 5.41 Å². The normalized spacial score (nSPS) is 14.1. The molecule has 0 saturated heterocycles. The van der Waals surface area contributed by atoms with Crippen LogP contribution in [0.3, 0.4) is 0 Å². The third-order valence-corrected chi connectivity index (χ3v) is 2.74. The van der Waals surface area contributed by atoms with Crippen molar-refractivity contribution in [1.82, 2.24) is 4.90 Å². The average molecular weight is 274 g/mol. The van der Waals surface area contributed by atoms with E-state index in [4.69, 9.17) is 6.42 Å². The Balaban J connectivity index is 5.48. The van der Waals surface area contributed by atoms with Gasteiger partial charge in [-0.1, -0.05) is 39.8 Å². The summed E-state index contributed by atoms with van der Waals surface area (Å²) in [6.07, 6.45) is 14.4. The zero-order valence-corrected chi connectivity index (χ0v) is 14.0. The molecule has 2 heteroatoms. The maximum absolute atomic E-state index is 5.49. The lowest BCUT2D eigenvalue weighted by molar-refractivity contribution is 0.292. The van der Waals surface area contributed by atoms with E-state index in [0.717, 1.165) is 30.7 Å². The third-order valence-electron chi connectivity index (χ3n) is 2.74. The van der Waals surface area contributed by atoms with Crippen LogP contribution in [0.25, 0.3) is 0 Å². The molecular weight excluding hydrogens is 244 g/mol. The van der Waals surface area contributed by atoms with Gasteiger partial charge in [-0.3, -0.25) is 4.99 Å². The lowest BCUT2D eigenvalue weighted by Crippen LogP contribution is -2.27. The molecule has 0 spiro atoms. The van der Waals surface area contributed by atoms with Crippen LogP contribution in [0.5, 0.6) is 0 Å². The summed E-state index contributed by atoms with van der Waals surface area (Å²) >= 11 is 0. The van der Waals surface area contributed by atoms with E-state index in [1.165, 1.54) is 0 Å². The minimum atomic E-state index is 0.0609. The molecule has 20 heavy (non-hydrogen) atoms. The SMILES string of the molecule is C#CCC(=C/CC)/C(=C\C(C)(C)CN(C)C)N=CCC. The molecule has 0 radical (unpaired) electrons. The molecule has 0 aromatic carbocycles. The molecule has 0 atom stereocenters. The highest BCUT2D eigenvalue weighted by Gasteiger charge is 2.18. The molecular formula is C18H30N2. The largest absolute Gasteiger partial charge is 0.309 e. The molecule has 0 aromatic rings. The van der Waals surface area contributed by atoms with Crippen LogP contribution in [0.2, 0.25) is 0 Å². The Morgan fingerprint density at radius 2 is 1.90 bits per heavy atom. The fourth-order valence-corrected chi connectivity index (χ4v) is 2.26. The Kier molecular flexibility index (Phi) is 8.92. The van der Waals surface area contributed by atoms with Gasteiger partial charge >= 0.3 is 0 Å². The Morgan fingerprint density at radius 3 is 2.35 bits per heavy atom. The molecule has 0 fully saturated rings. The molecule has 112 valence electrons. The number of rotatable bonds is 8. The van der Waals surface area contributed by atoms with Crippen LogP contribution < -0.4 is 0 Å². The molecule has 2 nitrogen and oxygen atoms in total. The lowest BCUT2D eigenvalue weighted by atomic mass is 9.89. The van der Waals surface area contributed by atoms with Crippen molar-refractivity contribution in [3.8, 4) is 12.3 Å². The van der Waals surface area contributed by atoms with Gasteiger partial charge in [0.25, 0.3) is 0 Å². The summed E-state index contributed by atoms with van der Waals surface area (Å²) < 4.78 is 0. The van der Waals surface area contributed by atoms with Crippen LogP contribution >= 0.6 is 0 Å². The first-order valence-corrected chi connectivity index (χ1v) is 7.39. The van der Waals surface area contributed by atoms with E-state index in [2.05, 4.69) is 69.8 Å². The van der Waals surface area contributed by atoms with Gasteiger partial charge in [0.05, 0.1) is 5.70 Å². The summed E-state index contributed by atoms with van der Waals surface area (Å²) in [5, 5.41) is 0. The van der Waals surface area contributed by atoms with Gasteiger partial charge in [0, 0.05) is 19.2 Å². The summed E-state index contributed by atoms with van der Waals surface area (Å²) in [5.41, 5.74) is 2.25. The van der Waals surface area contributed by atoms with Gasteiger partial charge in [-0.25, -0.2) is 0 Å². The molecule has 0 aromatic heterocycles. The number of hydrogen-bond donors (Lipinski definition) is 0. The Hall–Kier alpha value is -1.33. The van der Waals surface area contributed by atoms with Crippen molar-refractivity contribution in [2.45, 2.75) is 47.0 Å². The second-order valence-electron chi connectivity index (χ2n) is 5.99. The molecule has 0 unspecified atom stereocenters. The van der Waals surface area contributed by atoms with E-state index in [9.17, 15) is 0 Å².